The predicted molar refractivity (Wildman–Crippen MR) is 70.8 cm³/mol. The number of amides is 1. The number of hydrogen-bond donors (Lipinski definition) is 0. The third kappa shape index (κ3) is 2.86. The molecule has 0 radical (unpaired) electrons. The van der Waals surface area contributed by atoms with Gasteiger partial charge in [-0.15, -0.1) is 0 Å². The molecule has 92 valence electrons. The highest BCUT2D eigenvalue weighted by Gasteiger charge is 2.26. The lowest BCUT2D eigenvalue weighted by molar-refractivity contribution is 0.0621. The molecule has 2 heterocycles. The van der Waals surface area contributed by atoms with E-state index in [1.807, 2.05) is 17.0 Å². The molecule has 0 aromatic carbocycles. The van der Waals surface area contributed by atoms with Crippen molar-refractivity contribution >= 4 is 21.8 Å². The molecule has 1 amide bonds. The zero-order valence-electron chi connectivity index (χ0n) is 10.2. The van der Waals surface area contributed by atoms with Crippen LogP contribution in [0.3, 0.4) is 0 Å². The Labute approximate surface area is 110 Å². The van der Waals surface area contributed by atoms with E-state index in [0.717, 1.165) is 19.5 Å². The van der Waals surface area contributed by atoms with Crippen LogP contribution in [0.4, 0.5) is 0 Å². The zero-order valence-corrected chi connectivity index (χ0v) is 11.8. The first-order chi connectivity index (χ1) is 8.08. The summed E-state index contributed by atoms with van der Waals surface area (Å²) >= 11 is 3.29. The summed E-state index contributed by atoms with van der Waals surface area (Å²) in [6.07, 6.45) is 1.08. The number of carbonyl (C=O) groups excluding carboxylic acids is 1. The molecule has 0 spiro atoms. The quantitative estimate of drug-likeness (QED) is 0.747. The van der Waals surface area contributed by atoms with Crippen LogP contribution in [0.2, 0.25) is 0 Å². The first-order valence-corrected chi connectivity index (χ1v) is 6.79. The van der Waals surface area contributed by atoms with Crippen molar-refractivity contribution in [3.05, 3.63) is 28.5 Å². The van der Waals surface area contributed by atoms with Crippen LogP contribution in [0.15, 0.2) is 22.8 Å². The molecule has 2 rings (SSSR count). The summed E-state index contributed by atoms with van der Waals surface area (Å²) in [5.41, 5.74) is 0.529. The summed E-state index contributed by atoms with van der Waals surface area (Å²) in [6.45, 7) is 6.15. The maximum Gasteiger partial charge on any atom is 0.272 e. The smallest absolute Gasteiger partial charge is 0.272 e. The van der Waals surface area contributed by atoms with Gasteiger partial charge in [-0.1, -0.05) is 19.9 Å². The van der Waals surface area contributed by atoms with Crippen molar-refractivity contribution in [2.75, 3.05) is 13.1 Å². The highest BCUT2D eigenvalue weighted by atomic mass is 79.9. The second kappa shape index (κ2) is 5.17. The Hall–Kier alpha value is -0.900. The molecule has 3 nitrogen and oxygen atoms in total. The number of piperidine rings is 1. The van der Waals surface area contributed by atoms with Crippen LogP contribution in [0.1, 0.15) is 30.8 Å². The lowest BCUT2D eigenvalue weighted by Crippen LogP contribution is -2.42. The highest BCUT2D eigenvalue weighted by molar-refractivity contribution is 9.10. The number of nitrogens with zero attached hydrogens (tertiary/aromatic N) is 2. The molecular formula is C13H17BrN2O. The van der Waals surface area contributed by atoms with Gasteiger partial charge in [-0.05, 0) is 46.3 Å². The van der Waals surface area contributed by atoms with E-state index in [-0.39, 0.29) is 5.91 Å². The normalized spacial score (nSPS) is 24.8. The number of likely N-dealkylation sites (tertiary alicyclic amines) is 1. The van der Waals surface area contributed by atoms with E-state index < -0.39 is 0 Å². The third-order valence-corrected chi connectivity index (χ3v) is 4.00. The number of hydrogen-bond acceptors (Lipinski definition) is 2. The Bertz CT molecular complexity index is 422. The second-order valence-corrected chi connectivity index (χ2v) is 5.65. The van der Waals surface area contributed by atoms with Crippen molar-refractivity contribution in [1.82, 2.24) is 9.88 Å². The first-order valence-electron chi connectivity index (χ1n) is 5.99. The second-order valence-electron chi connectivity index (χ2n) is 4.84. The summed E-state index contributed by atoms with van der Waals surface area (Å²) in [5.74, 6) is 1.32. The third-order valence-electron chi connectivity index (χ3n) is 3.56. The fourth-order valence-corrected chi connectivity index (χ4v) is 2.48. The summed E-state index contributed by atoms with van der Waals surface area (Å²) in [7, 11) is 0. The number of halogens is 1. The van der Waals surface area contributed by atoms with E-state index >= 15 is 0 Å². The number of carbonyl (C=O) groups is 1. The van der Waals surface area contributed by atoms with Gasteiger partial charge < -0.3 is 4.90 Å². The number of aromatic nitrogens is 1. The summed E-state index contributed by atoms with van der Waals surface area (Å²) in [6, 6.07) is 5.45. The largest absolute Gasteiger partial charge is 0.337 e. The molecule has 1 aromatic rings. The van der Waals surface area contributed by atoms with Crippen molar-refractivity contribution < 1.29 is 4.79 Å². The van der Waals surface area contributed by atoms with Crippen molar-refractivity contribution in [2.24, 2.45) is 11.8 Å². The van der Waals surface area contributed by atoms with Crippen LogP contribution in [-0.4, -0.2) is 28.9 Å². The van der Waals surface area contributed by atoms with E-state index in [0.29, 0.717) is 22.1 Å². The zero-order chi connectivity index (χ0) is 12.4. The standard InChI is InChI=1S/C13H17BrN2O/c1-9-6-7-16(8-10(9)2)13(17)11-4-3-5-12(14)15-11/h3-5,9-10H,6-8H2,1-2H3. The molecule has 0 N–H and O–H groups in total. The van der Waals surface area contributed by atoms with Gasteiger partial charge in [0.2, 0.25) is 0 Å². The van der Waals surface area contributed by atoms with Crippen LogP contribution in [0, 0.1) is 11.8 Å². The lowest BCUT2D eigenvalue weighted by atomic mass is 9.88. The minimum absolute atomic E-state index is 0.0463. The van der Waals surface area contributed by atoms with E-state index in [4.69, 9.17) is 0 Å². The average Bonchev–Trinajstić information content (AvgIpc) is 2.32. The van der Waals surface area contributed by atoms with Crippen LogP contribution >= 0.6 is 15.9 Å². The number of pyridine rings is 1. The molecule has 2 atom stereocenters. The minimum atomic E-state index is 0.0463. The Morgan fingerprint density at radius 3 is 2.82 bits per heavy atom. The fraction of sp³-hybridized carbons (Fsp3) is 0.538. The molecule has 1 aromatic heterocycles. The maximum absolute atomic E-state index is 12.2. The monoisotopic (exact) mass is 296 g/mol. The van der Waals surface area contributed by atoms with Gasteiger partial charge in [-0.3, -0.25) is 4.79 Å². The Balaban J connectivity index is 2.10. The molecule has 1 saturated heterocycles. The summed E-state index contributed by atoms with van der Waals surface area (Å²) in [5, 5.41) is 0. The van der Waals surface area contributed by atoms with Crippen molar-refractivity contribution in [3.8, 4) is 0 Å². The lowest BCUT2D eigenvalue weighted by Gasteiger charge is -2.35. The van der Waals surface area contributed by atoms with Crippen molar-refractivity contribution in [1.29, 1.82) is 0 Å². The molecule has 2 unspecified atom stereocenters. The van der Waals surface area contributed by atoms with Crippen LogP contribution in [-0.2, 0) is 0 Å². The van der Waals surface area contributed by atoms with E-state index in [2.05, 4.69) is 34.8 Å². The molecule has 0 bridgehead atoms. The molecular weight excluding hydrogens is 280 g/mol. The average molecular weight is 297 g/mol. The molecule has 0 saturated carbocycles. The fourth-order valence-electron chi connectivity index (χ4n) is 2.14. The predicted octanol–water partition coefficient (Wildman–Crippen LogP) is 2.96. The summed E-state index contributed by atoms with van der Waals surface area (Å²) in [4.78, 5) is 18.4. The van der Waals surface area contributed by atoms with E-state index in [1.165, 1.54) is 0 Å². The van der Waals surface area contributed by atoms with Crippen molar-refractivity contribution in [2.45, 2.75) is 20.3 Å². The maximum atomic E-state index is 12.2. The minimum Gasteiger partial charge on any atom is -0.337 e. The molecule has 1 fully saturated rings. The van der Waals surface area contributed by atoms with Gasteiger partial charge in [0.1, 0.15) is 10.3 Å². The summed E-state index contributed by atoms with van der Waals surface area (Å²) < 4.78 is 0.710. The Kier molecular flexibility index (Phi) is 3.82. The SMILES string of the molecule is CC1CCN(C(=O)c2cccc(Br)n2)CC1C. The van der Waals surface area contributed by atoms with Gasteiger partial charge in [0.25, 0.3) is 5.91 Å². The van der Waals surface area contributed by atoms with E-state index in [1.54, 1.807) is 6.07 Å². The van der Waals surface area contributed by atoms with Crippen LogP contribution in [0.25, 0.3) is 0 Å². The van der Waals surface area contributed by atoms with E-state index in [9.17, 15) is 4.79 Å². The highest BCUT2D eigenvalue weighted by Crippen LogP contribution is 2.23. The van der Waals surface area contributed by atoms with Gasteiger partial charge in [0, 0.05) is 13.1 Å². The van der Waals surface area contributed by atoms with Crippen molar-refractivity contribution in [3.63, 3.8) is 0 Å². The van der Waals surface area contributed by atoms with Gasteiger partial charge in [0.15, 0.2) is 0 Å². The molecule has 0 aliphatic carbocycles. The number of rotatable bonds is 1. The van der Waals surface area contributed by atoms with Crippen LogP contribution in [0.5, 0.6) is 0 Å². The van der Waals surface area contributed by atoms with Gasteiger partial charge in [-0.2, -0.15) is 0 Å². The van der Waals surface area contributed by atoms with Gasteiger partial charge >= 0.3 is 0 Å². The molecule has 1 aliphatic rings. The molecule has 17 heavy (non-hydrogen) atoms. The van der Waals surface area contributed by atoms with Gasteiger partial charge in [-0.25, -0.2) is 4.98 Å². The van der Waals surface area contributed by atoms with Gasteiger partial charge in [0.05, 0.1) is 0 Å². The molecule has 4 heteroatoms. The first kappa shape index (κ1) is 12.6. The van der Waals surface area contributed by atoms with Crippen LogP contribution < -0.4 is 0 Å². The molecule has 1 aliphatic heterocycles. The Morgan fingerprint density at radius 1 is 1.41 bits per heavy atom. The topological polar surface area (TPSA) is 33.2 Å². The Morgan fingerprint density at radius 2 is 2.18 bits per heavy atom.